The second-order valence-electron chi connectivity index (χ2n) is 6.52. The second-order valence-corrected chi connectivity index (χ2v) is 6.52. The van der Waals surface area contributed by atoms with Crippen molar-refractivity contribution in [3.8, 4) is 11.7 Å². The Bertz CT molecular complexity index is 804. The summed E-state index contributed by atoms with van der Waals surface area (Å²) in [5, 5.41) is 8.19. The molecule has 6 heteroatoms. The molecule has 0 radical (unpaired) electrons. The van der Waals surface area contributed by atoms with Crippen LogP contribution in [0.4, 0.5) is 0 Å². The Kier molecular flexibility index (Phi) is 4.63. The molecule has 0 unspecified atom stereocenters. The van der Waals surface area contributed by atoms with Crippen LogP contribution < -0.4 is 0 Å². The third-order valence-electron chi connectivity index (χ3n) is 4.51. The number of rotatable bonds is 5. The van der Waals surface area contributed by atoms with E-state index >= 15 is 0 Å². The van der Waals surface area contributed by atoms with Crippen molar-refractivity contribution in [2.24, 2.45) is 0 Å². The van der Waals surface area contributed by atoms with Crippen LogP contribution in [-0.4, -0.2) is 46.2 Å². The SMILES string of the molecule is Cc1cccc(CN2CCN(Cc3nnc(-c4ccco4)o3)CC2)c1. The first-order chi connectivity index (χ1) is 12.3. The lowest BCUT2D eigenvalue weighted by Gasteiger charge is -2.34. The molecule has 1 fully saturated rings. The van der Waals surface area contributed by atoms with Gasteiger partial charge >= 0.3 is 0 Å². The van der Waals surface area contributed by atoms with Gasteiger partial charge in [-0.2, -0.15) is 0 Å². The van der Waals surface area contributed by atoms with Gasteiger partial charge in [0.15, 0.2) is 5.76 Å². The molecule has 3 heterocycles. The Hall–Kier alpha value is -2.44. The van der Waals surface area contributed by atoms with Gasteiger partial charge in [-0.1, -0.05) is 29.8 Å². The van der Waals surface area contributed by atoms with Crippen LogP contribution in [0.2, 0.25) is 0 Å². The summed E-state index contributed by atoms with van der Waals surface area (Å²) in [5.41, 5.74) is 2.70. The van der Waals surface area contributed by atoms with Crippen LogP contribution in [0.15, 0.2) is 51.5 Å². The molecule has 6 nitrogen and oxygen atoms in total. The molecular formula is C19H22N4O2. The molecule has 1 aliphatic rings. The molecule has 4 rings (SSSR count). The van der Waals surface area contributed by atoms with Crippen molar-refractivity contribution >= 4 is 0 Å². The van der Waals surface area contributed by atoms with Gasteiger partial charge in [-0.25, -0.2) is 0 Å². The number of aromatic nitrogens is 2. The van der Waals surface area contributed by atoms with E-state index in [-0.39, 0.29) is 0 Å². The fourth-order valence-corrected chi connectivity index (χ4v) is 3.18. The zero-order valence-corrected chi connectivity index (χ0v) is 14.4. The Labute approximate surface area is 147 Å². The lowest BCUT2D eigenvalue weighted by molar-refractivity contribution is 0.114. The average molecular weight is 338 g/mol. The molecule has 0 aliphatic carbocycles. The Balaban J connectivity index is 1.29. The standard InChI is InChI=1S/C19H22N4O2/c1-15-4-2-5-16(12-15)13-22-7-9-23(10-8-22)14-18-20-21-19(25-18)17-6-3-11-24-17/h2-6,11-12H,7-10,13-14H2,1H3. The predicted molar refractivity (Wildman–Crippen MR) is 93.7 cm³/mol. The second kappa shape index (κ2) is 7.21. The van der Waals surface area contributed by atoms with Crippen LogP contribution >= 0.6 is 0 Å². The first kappa shape index (κ1) is 16.1. The van der Waals surface area contributed by atoms with E-state index in [1.807, 2.05) is 12.1 Å². The molecule has 0 N–H and O–H groups in total. The Morgan fingerprint density at radius 2 is 1.76 bits per heavy atom. The number of furan rings is 1. The van der Waals surface area contributed by atoms with Crippen LogP contribution in [0.3, 0.4) is 0 Å². The number of nitrogens with zero attached hydrogens (tertiary/aromatic N) is 4. The van der Waals surface area contributed by atoms with Gasteiger partial charge in [-0.3, -0.25) is 9.80 Å². The lowest BCUT2D eigenvalue weighted by Crippen LogP contribution is -2.45. The maximum atomic E-state index is 5.70. The highest BCUT2D eigenvalue weighted by Gasteiger charge is 2.20. The van der Waals surface area contributed by atoms with E-state index in [2.05, 4.69) is 51.2 Å². The zero-order valence-electron chi connectivity index (χ0n) is 14.4. The largest absolute Gasteiger partial charge is 0.459 e. The summed E-state index contributed by atoms with van der Waals surface area (Å²) in [6.07, 6.45) is 1.60. The van der Waals surface area contributed by atoms with Gasteiger partial charge in [0, 0.05) is 32.7 Å². The molecule has 1 aliphatic heterocycles. The molecule has 1 aromatic carbocycles. The fraction of sp³-hybridized carbons (Fsp3) is 0.368. The molecule has 130 valence electrons. The molecule has 0 atom stereocenters. The molecule has 3 aromatic rings. The summed E-state index contributed by atoms with van der Waals surface area (Å²) >= 11 is 0. The van der Waals surface area contributed by atoms with E-state index in [0.717, 1.165) is 32.7 Å². The van der Waals surface area contributed by atoms with Crippen LogP contribution in [0.5, 0.6) is 0 Å². The number of hydrogen-bond donors (Lipinski definition) is 0. The average Bonchev–Trinajstić information content (AvgIpc) is 3.28. The molecule has 25 heavy (non-hydrogen) atoms. The van der Waals surface area contributed by atoms with E-state index in [0.29, 0.717) is 24.1 Å². The number of hydrogen-bond acceptors (Lipinski definition) is 6. The number of piperazine rings is 1. The number of aryl methyl sites for hydroxylation is 1. The van der Waals surface area contributed by atoms with Crippen molar-refractivity contribution in [3.63, 3.8) is 0 Å². The van der Waals surface area contributed by atoms with E-state index in [4.69, 9.17) is 8.83 Å². The quantitative estimate of drug-likeness (QED) is 0.713. The van der Waals surface area contributed by atoms with Crippen LogP contribution in [0.1, 0.15) is 17.0 Å². The molecule has 0 spiro atoms. The van der Waals surface area contributed by atoms with Crippen molar-refractivity contribution in [2.45, 2.75) is 20.0 Å². The highest BCUT2D eigenvalue weighted by molar-refractivity contribution is 5.42. The summed E-state index contributed by atoms with van der Waals surface area (Å²) in [6, 6.07) is 12.4. The predicted octanol–water partition coefficient (Wildman–Crippen LogP) is 2.96. The van der Waals surface area contributed by atoms with Gasteiger partial charge in [-0.15, -0.1) is 10.2 Å². The maximum Gasteiger partial charge on any atom is 0.283 e. The molecule has 0 bridgehead atoms. The van der Waals surface area contributed by atoms with E-state index in [9.17, 15) is 0 Å². The van der Waals surface area contributed by atoms with Gasteiger partial charge in [-0.05, 0) is 24.6 Å². The van der Waals surface area contributed by atoms with Crippen molar-refractivity contribution in [3.05, 3.63) is 59.7 Å². The van der Waals surface area contributed by atoms with Gasteiger partial charge < -0.3 is 8.83 Å². The van der Waals surface area contributed by atoms with Crippen molar-refractivity contribution in [1.29, 1.82) is 0 Å². The minimum atomic E-state index is 0.443. The summed E-state index contributed by atoms with van der Waals surface area (Å²) in [7, 11) is 0. The normalized spacial score (nSPS) is 16.4. The molecule has 0 amide bonds. The summed E-state index contributed by atoms with van der Waals surface area (Å²) < 4.78 is 11.0. The van der Waals surface area contributed by atoms with Crippen LogP contribution in [-0.2, 0) is 13.1 Å². The van der Waals surface area contributed by atoms with Gasteiger partial charge in [0.05, 0.1) is 12.8 Å². The van der Waals surface area contributed by atoms with E-state index in [1.54, 1.807) is 6.26 Å². The van der Waals surface area contributed by atoms with E-state index in [1.165, 1.54) is 11.1 Å². The molecule has 0 saturated carbocycles. The van der Waals surface area contributed by atoms with Gasteiger partial charge in [0.25, 0.3) is 5.89 Å². The van der Waals surface area contributed by atoms with Gasteiger partial charge in [0.1, 0.15) is 0 Å². The van der Waals surface area contributed by atoms with Crippen LogP contribution in [0, 0.1) is 6.92 Å². The summed E-state index contributed by atoms with van der Waals surface area (Å²) in [6.45, 7) is 7.95. The highest BCUT2D eigenvalue weighted by Crippen LogP contribution is 2.19. The fourth-order valence-electron chi connectivity index (χ4n) is 3.18. The third kappa shape index (κ3) is 3.97. The molecule has 2 aromatic heterocycles. The maximum absolute atomic E-state index is 5.70. The smallest absolute Gasteiger partial charge is 0.283 e. The summed E-state index contributed by atoms with van der Waals surface area (Å²) in [5.74, 6) is 1.69. The van der Waals surface area contributed by atoms with E-state index < -0.39 is 0 Å². The minimum absolute atomic E-state index is 0.443. The number of benzene rings is 1. The van der Waals surface area contributed by atoms with Gasteiger partial charge in [0.2, 0.25) is 5.89 Å². The topological polar surface area (TPSA) is 58.5 Å². The lowest BCUT2D eigenvalue weighted by atomic mass is 10.1. The van der Waals surface area contributed by atoms with Crippen molar-refractivity contribution in [2.75, 3.05) is 26.2 Å². The molecular weight excluding hydrogens is 316 g/mol. The minimum Gasteiger partial charge on any atom is -0.459 e. The monoisotopic (exact) mass is 338 g/mol. The highest BCUT2D eigenvalue weighted by atomic mass is 16.4. The van der Waals surface area contributed by atoms with Crippen molar-refractivity contribution < 1.29 is 8.83 Å². The first-order valence-electron chi connectivity index (χ1n) is 8.63. The first-order valence-corrected chi connectivity index (χ1v) is 8.63. The zero-order chi connectivity index (χ0) is 17.1. The van der Waals surface area contributed by atoms with Crippen LogP contribution in [0.25, 0.3) is 11.7 Å². The Morgan fingerprint density at radius 1 is 0.960 bits per heavy atom. The van der Waals surface area contributed by atoms with Crippen molar-refractivity contribution in [1.82, 2.24) is 20.0 Å². The Morgan fingerprint density at radius 3 is 2.48 bits per heavy atom. The summed E-state index contributed by atoms with van der Waals surface area (Å²) in [4.78, 5) is 4.85. The molecule has 1 saturated heterocycles. The third-order valence-corrected chi connectivity index (χ3v) is 4.51.